The minimum Gasteiger partial charge on any atom is -0.467 e. The maximum Gasteiger partial charge on any atom is 0.302 e. The number of ether oxygens (including phenoxy) is 1. The van der Waals surface area contributed by atoms with E-state index in [1.165, 1.54) is 24.3 Å². The van der Waals surface area contributed by atoms with Crippen LogP contribution in [-0.2, 0) is 33.9 Å². The zero-order valence-corrected chi connectivity index (χ0v) is 15.5. The number of hydrogen-bond acceptors (Lipinski definition) is 6. The van der Waals surface area contributed by atoms with Crippen LogP contribution in [0.5, 0.6) is 0 Å². The Balaban J connectivity index is 1.96. The third-order valence-electron chi connectivity index (χ3n) is 4.16. The Morgan fingerprint density at radius 2 is 1.62 bits per heavy atom. The number of halogens is 2. The van der Waals surface area contributed by atoms with E-state index in [0.717, 1.165) is 12.1 Å². The normalized spacial score (nSPS) is 19.9. The van der Waals surface area contributed by atoms with Gasteiger partial charge in [-0.3, -0.25) is 4.79 Å². The maximum absolute atomic E-state index is 13.5. The van der Waals surface area contributed by atoms with Gasteiger partial charge in [0.1, 0.15) is 19.5 Å². The van der Waals surface area contributed by atoms with Crippen LogP contribution in [0.2, 0.25) is 0 Å². The highest BCUT2D eigenvalue weighted by molar-refractivity contribution is 7.90. The van der Waals surface area contributed by atoms with Gasteiger partial charge in [-0.1, -0.05) is 30.3 Å². The predicted molar refractivity (Wildman–Crippen MR) is 101 cm³/mol. The number of Topliss-reactive ketones (excluding diaryl/α,β-unsaturated/α-hetero) is 1. The average Bonchev–Trinajstić information content (AvgIpc) is 2.85. The van der Waals surface area contributed by atoms with Gasteiger partial charge in [0.25, 0.3) is 0 Å². The molecule has 1 aliphatic heterocycles. The molecule has 0 saturated carbocycles. The Kier molecular flexibility index (Phi) is 5.02. The van der Waals surface area contributed by atoms with E-state index in [1.807, 2.05) is 0 Å². The Bertz CT molecular complexity index is 1100. The van der Waals surface area contributed by atoms with Crippen molar-refractivity contribution in [3.8, 4) is 0 Å². The van der Waals surface area contributed by atoms with Crippen molar-refractivity contribution in [3.05, 3.63) is 82.9 Å². The molecule has 0 amide bonds. The van der Waals surface area contributed by atoms with Gasteiger partial charge in [-0.25, -0.2) is 8.78 Å². The molecule has 1 atom stereocenters. The third-order valence-corrected chi connectivity index (χ3v) is 5.61. The highest BCUT2D eigenvalue weighted by atomic mass is 32.2. The molecule has 29 heavy (non-hydrogen) atoms. The Hall–Kier alpha value is -2.75. The van der Waals surface area contributed by atoms with E-state index < -0.39 is 54.8 Å². The fraction of sp³-hybridized carbons (Fsp3) is 0.118. The number of rotatable bonds is 5. The third kappa shape index (κ3) is 3.52. The summed E-state index contributed by atoms with van der Waals surface area (Å²) in [6, 6.07) is 9.23. The molecule has 6 radical (unpaired) electrons. The monoisotopic (exact) mass is 411 g/mol. The van der Waals surface area contributed by atoms with Gasteiger partial charge >= 0.3 is 10.1 Å². The molecule has 2 aromatic rings. The van der Waals surface area contributed by atoms with E-state index in [0.29, 0.717) is 6.07 Å². The lowest BCUT2D eigenvalue weighted by Gasteiger charge is -2.26. The first-order valence-corrected chi connectivity index (χ1v) is 9.35. The second-order valence-electron chi connectivity index (χ2n) is 6.21. The quantitative estimate of drug-likeness (QED) is 0.570. The summed E-state index contributed by atoms with van der Waals surface area (Å²) in [7, 11) is 12.4. The predicted octanol–water partition coefficient (Wildman–Crippen LogP) is 0.507. The molecule has 0 aromatic heterocycles. The molecule has 2 N–H and O–H groups in total. The van der Waals surface area contributed by atoms with E-state index in [9.17, 15) is 22.0 Å². The number of nitrogens with two attached hydrogens (primary N) is 1. The first-order chi connectivity index (χ1) is 13.4. The number of carbonyl (C=O) groups is 1. The van der Waals surface area contributed by atoms with Gasteiger partial charge < -0.3 is 14.7 Å². The van der Waals surface area contributed by atoms with Crippen LogP contribution in [0.25, 0.3) is 0 Å². The van der Waals surface area contributed by atoms with Gasteiger partial charge in [0.05, 0.1) is 20.2 Å². The van der Waals surface area contributed by atoms with E-state index in [-0.39, 0.29) is 5.56 Å². The minimum atomic E-state index is -4.90. The molecule has 0 fully saturated rings. The van der Waals surface area contributed by atoms with Crippen LogP contribution in [0.4, 0.5) is 8.78 Å². The van der Waals surface area contributed by atoms with Crippen molar-refractivity contribution in [2.45, 2.75) is 10.0 Å². The first-order valence-electron chi connectivity index (χ1n) is 7.95. The average molecular weight is 411 g/mol. The molecule has 1 aliphatic rings. The fourth-order valence-corrected chi connectivity index (χ4v) is 3.55. The SMILES string of the molecule is [B]C([B])(c1ccccc1)S(=O)(=O)OC1=C(N)O[C@]([B])(c2cc(F)cc(F)c2)C1=O. The number of hydrogen-bond donors (Lipinski definition) is 1. The summed E-state index contributed by atoms with van der Waals surface area (Å²) in [6.45, 7) is 0. The summed E-state index contributed by atoms with van der Waals surface area (Å²) in [4.78, 5) is 12.7. The molecule has 0 unspecified atom stereocenters. The molecular weight excluding hydrogens is 401 g/mol. The highest BCUT2D eigenvalue weighted by Gasteiger charge is 2.50. The maximum atomic E-state index is 13.5. The van der Waals surface area contributed by atoms with Crippen LogP contribution in [0.15, 0.2) is 60.2 Å². The summed E-state index contributed by atoms with van der Waals surface area (Å²) in [5.74, 6) is -5.24. The molecule has 1 heterocycles. The highest BCUT2D eigenvalue weighted by Crippen LogP contribution is 2.38. The van der Waals surface area contributed by atoms with Crippen molar-refractivity contribution in [2.75, 3.05) is 0 Å². The van der Waals surface area contributed by atoms with Crippen LogP contribution < -0.4 is 5.73 Å². The lowest BCUT2D eigenvalue weighted by Crippen LogP contribution is -2.40. The summed E-state index contributed by atoms with van der Waals surface area (Å²) < 4.78 is 59.5. The van der Waals surface area contributed by atoms with Gasteiger partial charge in [-0.2, -0.15) is 8.42 Å². The number of carbonyl (C=O) groups excluding carboxylic acids is 1. The van der Waals surface area contributed by atoms with E-state index >= 15 is 0 Å². The molecule has 6 nitrogen and oxygen atoms in total. The topological polar surface area (TPSA) is 95.7 Å². The standard InChI is InChI=1S/C17H10B3F2NO5S/c18-16(10-6-11(21)8-12(22)7-10)14(24)13(15(23)27-16)28-29(25,26)17(19,20)9-4-2-1-3-5-9/h1-8H,23H2/t16-/m1/s1. The number of benzene rings is 2. The second-order valence-corrected chi connectivity index (χ2v) is 7.97. The Labute approximate surface area is 169 Å². The van der Waals surface area contributed by atoms with Gasteiger partial charge in [-0.05, 0) is 23.3 Å². The molecular formula is C17H10B3F2NO5S. The molecule has 12 heteroatoms. The van der Waals surface area contributed by atoms with E-state index in [1.54, 1.807) is 6.07 Å². The number of ketones is 1. The summed E-state index contributed by atoms with van der Waals surface area (Å²) >= 11 is 0. The van der Waals surface area contributed by atoms with Crippen molar-refractivity contribution in [2.24, 2.45) is 5.73 Å². The Morgan fingerprint density at radius 1 is 1.07 bits per heavy atom. The lowest BCUT2D eigenvalue weighted by atomic mass is 9.65. The van der Waals surface area contributed by atoms with Gasteiger partial charge in [-0.15, -0.1) is 0 Å². The van der Waals surface area contributed by atoms with Crippen LogP contribution >= 0.6 is 0 Å². The molecule has 2 aromatic carbocycles. The van der Waals surface area contributed by atoms with Gasteiger partial charge in [0.15, 0.2) is 5.50 Å². The molecule has 0 saturated heterocycles. The van der Waals surface area contributed by atoms with Crippen molar-refractivity contribution in [1.29, 1.82) is 0 Å². The van der Waals surface area contributed by atoms with Crippen LogP contribution in [0, 0.1) is 11.6 Å². The summed E-state index contributed by atoms with van der Waals surface area (Å²) in [5, 5.41) is 0. The molecule has 3 rings (SSSR count). The van der Waals surface area contributed by atoms with Crippen LogP contribution in [-0.4, -0.2) is 37.7 Å². The summed E-state index contributed by atoms with van der Waals surface area (Å²) in [6.07, 6.45) is 0. The summed E-state index contributed by atoms with van der Waals surface area (Å²) in [5.41, 5.74) is 2.53. The van der Waals surface area contributed by atoms with Gasteiger partial charge in [0, 0.05) is 6.07 Å². The van der Waals surface area contributed by atoms with Crippen molar-refractivity contribution < 1.29 is 30.9 Å². The fourth-order valence-electron chi connectivity index (χ4n) is 2.61. The molecule has 0 bridgehead atoms. The van der Waals surface area contributed by atoms with Crippen LogP contribution in [0.3, 0.4) is 0 Å². The largest absolute Gasteiger partial charge is 0.467 e. The van der Waals surface area contributed by atoms with Crippen molar-refractivity contribution in [3.63, 3.8) is 0 Å². The molecule has 0 spiro atoms. The molecule has 142 valence electrons. The van der Waals surface area contributed by atoms with Crippen LogP contribution in [0.1, 0.15) is 11.1 Å². The molecule has 0 aliphatic carbocycles. The van der Waals surface area contributed by atoms with Gasteiger partial charge in [0.2, 0.25) is 17.4 Å². The lowest BCUT2D eigenvalue weighted by molar-refractivity contribution is -0.126. The van der Waals surface area contributed by atoms with Crippen molar-refractivity contribution in [1.82, 2.24) is 0 Å². The Morgan fingerprint density at radius 3 is 2.17 bits per heavy atom. The van der Waals surface area contributed by atoms with Crippen molar-refractivity contribution >= 4 is 39.4 Å². The second kappa shape index (κ2) is 6.94. The first kappa shape index (κ1) is 21.0. The smallest absolute Gasteiger partial charge is 0.302 e. The minimum absolute atomic E-state index is 0.0447. The van der Waals surface area contributed by atoms with E-state index in [2.05, 4.69) is 0 Å². The zero-order chi connectivity index (χ0) is 21.6. The van der Waals surface area contributed by atoms with E-state index in [4.69, 9.17) is 38.2 Å². The zero-order valence-electron chi connectivity index (χ0n) is 14.6.